The predicted molar refractivity (Wildman–Crippen MR) is 118 cm³/mol. The lowest BCUT2D eigenvalue weighted by atomic mass is 10.1. The van der Waals surface area contributed by atoms with Crippen LogP contribution in [0.2, 0.25) is 0 Å². The van der Waals surface area contributed by atoms with E-state index >= 15 is 0 Å². The minimum atomic E-state index is -0.405. The van der Waals surface area contributed by atoms with E-state index in [1.54, 1.807) is 16.6 Å². The average molecular weight is 442 g/mol. The summed E-state index contributed by atoms with van der Waals surface area (Å²) in [6.45, 7) is 6.40. The normalized spacial score (nSPS) is 14.3. The van der Waals surface area contributed by atoms with Crippen molar-refractivity contribution >= 4 is 34.8 Å². The molecule has 0 N–H and O–H groups in total. The van der Waals surface area contributed by atoms with Gasteiger partial charge in [0.25, 0.3) is 11.5 Å². The summed E-state index contributed by atoms with van der Waals surface area (Å²) in [6.07, 6.45) is 2.18. The van der Waals surface area contributed by atoms with Gasteiger partial charge in [-0.1, -0.05) is 11.8 Å². The van der Waals surface area contributed by atoms with E-state index in [2.05, 4.69) is 20.0 Å². The van der Waals surface area contributed by atoms with Crippen molar-refractivity contribution in [3.8, 4) is 0 Å². The van der Waals surface area contributed by atoms with Crippen LogP contribution in [0.4, 0.5) is 11.4 Å². The van der Waals surface area contributed by atoms with Crippen LogP contribution in [0.3, 0.4) is 0 Å². The van der Waals surface area contributed by atoms with Crippen LogP contribution in [0.1, 0.15) is 17.0 Å². The van der Waals surface area contributed by atoms with Crippen LogP contribution >= 0.6 is 11.8 Å². The van der Waals surface area contributed by atoms with E-state index in [0.717, 1.165) is 22.6 Å². The molecule has 4 rings (SSSR count). The van der Waals surface area contributed by atoms with Gasteiger partial charge in [-0.15, -0.1) is 5.10 Å². The Morgan fingerprint density at radius 2 is 1.81 bits per heavy atom. The Hall–Kier alpha value is -3.21. The maximum Gasteiger partial charge on any atom is 0.269 e. The molecule has 0 atom stereocenters. The zero-order valence-corrected chi connectivity index (χ0v) is 18.4. The molecule has 3 heterocycles. The van der Waals surface area contributed by atoms with Crippen LogP contribution in [0.5, 0.6) is 0 Å². The lowest BCUT2D eigenvalue weighted by Crippen LogP contribution is -2.49. The van der Waals surface area contributed by atoms with E-state index in [9.17, 15) is 14.9 Å². The molecule has 1 saturated heterocycles. The number of fused-ring (bicyclic) bond motifs is 1. The van der Waals surface area contributed by atoms with E-state index in [-0.39, 0.29) is 18.0 Å². The number of amides is 1. The van der Waals surface area contributed by atoms with Crippen LogP contribution < -0.4 is 4.90 Å². The van der Waals surface area contributed by atoms with Crippen molar-refractivity contribution in [2.24, 2.45) is 0 Å². The van der Waals surface area contributed by atoms with Crippen LogP contribution in [-0.2, 0) is 11.2 Å². The molecular weight excluding hydrogens is 418 g/mol. The summed E-state index contributed by atoms with van der Waals surface area (Å²) < 4.78 is 1.70. The zero-order valence-electron chi connectivity index (χ0n) is 17.6. The Morgan fingerprint density at radius 1 is 1.13 bits per heavy atom. The van der Waals surface area contributed by atoms with Crippen LogP contribution in [0.15, 0.2) is 29.4 Å². The zero-order chi connectivity index (χ0) is 22.1. The van der Waals surface area contributed by atoms with Gasteiger partial charge in [-0.2, -0.15) is 4.98 Å². The van der Waals surface area contributed by atoms with Gasteiger partial charge >= 0.3 is 0 Å². The van der Waals surface area contributed by atoms with E-state index < -0.39 is 4.92 Å². The fourth-order valence-electron chi connectivity index (χ4n) is 3.79. The molecule has 0 aliphatic carbocycles. The number of thioether (sulfide) groups is 1. The topological polar surface area (TPSA) is 110 Å². The number of hydrogen-bond donors (Lipinski definition) is 0. The molecule has 10 nitrogen and oxygen atoms in total. The Balaban J connectivity index is 1.43. The highest BCUT2D eigenvalue weighted by Crippen LogP contribution is 2.22. The van der Waals surface area contributed by atoms with Crippen molar-refractivity contribution in [3.63, 3.8) is 0 Å². The van der Waals surface area contributed by atoms with Crippen LogP contribution in [0.25, 0.3) is 5.78 Å². The lowest BCUT2D eigenvalue weighted by molar-refractivity contribution is -0.384. The standard InChI is InChI=1S/C20H23N7O3S/c1-13-17(14(2)26-19(21-13)22-20(23-26)31-3)12-18(28)25-10-8-24(9-11-25)15-4-6-16(7-5-15)27(29)30/h4-7H,8-12H2,1-3H3. The highest BCUT2D eigenvalue weighted by Gasteiger charge is 2.24. The molecule has 2 aromatic heterocycles. The first-order valence-electron chi connectivity index (χ1n) is 9.91. The third kappa shape index (κ3) is 4.18. The lowest BCUT2D eigenvalue weighted by Gasteiger charge is -2.36. The van der Waals surface area contributed by atoms with Crippen LogP contribution in [-0.4, -0.2) is 67.7 Å². The number of non-ortho nitro benzene ring substituents is 1. The van der Waals surface area contributed by atoms with Crippen LogP contribution in [0, 0.1) is 24.0 Å². The van der Waals surface area contributed by atoms with Gasteiger partial charge in [0.1, 0.15) is 0 Å². The summed E-state index contributed by atoms with van der Waals surface area (Å²) in [7, 11) is 0. The number of aryl methyl sites for hydroxylation is 2. The number of nitro benzene ring substituents is 1. The first-order chi connectivity index (χ1) is 14.9. The molecule has 1 fully saturated rings. The summed E-state index contributed by atoms with van der Waals surface area (Å²) in [5, 5.41) is 15.9. The summed E-state index contributed by atoms with van der Waals surface area (Å²) in [4.78, 5) is 36.3. The molecule has 0 radical (unpaired) electrons. The number of nitro groups is 1. The van der Waals surface area contributed by atoms with E-state index in [1.807, 2.05) is 25.0 Å². The van der Waals surface area contributed by atoms with Gasteiger partial charge in [0, 0.05) is 61.0 Å². The highest BCUT2D eigenvalue weighted by atomic mass is 32.2. The molecule has 1 aliphatic rings. The molecule has 0 bridgehead atoms. The van der Waals surface area contributed by atoms with Gasteiger partial charge in [-0.05, 0) is 32.2 Å². The number of carbonyl (C=O) groups is 1. The number of carbonyl (C=O) groups excluding carboxylic acids is 1. The molecule has 162 valence electrons. The largest absolute Gasteiger partial charge is 0.368 e. The molecule has 31 heavy (non-hydrogen) atoms. The maximum atomic E-state index is 13.0. The van der Waals surface area contributed by atoms with E-state index in [4.69, 9.17) is 0 Å². The number of benzene rings is 1. The quantitative estimate of drug-likeness (QED) is 0.337. The average Bonchev–Trinajstić information content (AvgIpc) is 3.20. The SMILES string of the molecule is CSc1nc2nc(C)c(CC(=O)N3CCN(c4ccc([N+](=O)[O-])cc4)CC3)c(C)n2n1. The Labute approximate surface area is 183 Å². The van der Waals surface area contributed by atoms with Crippen molar-refractivity contribution in [2.45, 2.75) is 25.4 Å². The maximum absolute atomic E-state index is 13.0. The van der Waals surface area contributed by atoms with Gasteiger partial charge in [-0.25, -0.2) is 9.50 Å². The minimum Gasteiger partial charge on any atom is -0.368 e. The molecule has 1 amide bonds. The number of aromatic nitrogens is 4. The second-order valence-electron chi connectivity index (χ2n) is 7.39. The Bertz CT molecular complexity index is 1140. The number of anilines is 1. The van der Waals surface area contributed by atoms with E-state index in [1.165, 1.54) is 23.9 Å². The van der Waals surface area contributed by atoms with Crippen molar-refractivity contribution in [1.29, 1.82) is 0 Å². The van der Waals surface area contributed by atoms with Gasteiger partial charge in [0.15, 0.2) is 0 Å². The first kappa shape index (κ1) is 21.0. The monoisotopic (exact) mass is 441 g/mol. The summed E-state index contributed by atoms with van der Waals surface area (Å²) in [6, 6.07) is 6.52. The fourth-order valence-corrected chi connectivity index (χ4v) is 4.13. The number of piperazine rings is 1. The first-order valence-corrected chi connectivity index (χ1v) is 11.1. The van der Waals surface area contributed by atoms with Crippen molar-refractivity contribution in [1.82, 2.24) is 24.5 Å². The third-order valence-corrected chi connectivity index (χ3v) is 6.14. The second-order valence-corrected chi connectivity index (χ2v) is 8.16. The van der Waals surface area contributed by atoms with Crippen molar-refractivity contribution in [3.05, 3.63) is 51.3 Å². The van der Waals surface area contributed by atoms with Gasteiger partial charge in [-0.3, -0.25) is 14.9 Å². The molecule has 11 heteroatoms. The summed E-state index contributed by atoms with van der Waals surface area (Å²) in [5.41, 5.74) is 3.56. The number of rotatable bonds is 5. The highest BCUT2D eigenvalue weighted by molar-refractivity contribution is 7.98. The molecule has 0 spiro atoms. The third-order valence-electron chi connectivity index (χ3n) is 5.60. The molecule has 0 unspecified atom stereocenters. The molecular formula is C20H23N7O3S. The number of nitrogens with zero attached hydrogens (tertiary/aromatic N) is 7. The minimum absolute atomic E-state index is 0.0564. The summed E-state index contributed by atoms with van der Waals surface area (Å²) in [5.74, 6) is 0.605. The molecule has 1 aromatic carbocycles. The predicted octanol–water partition coefficient (Wildman–Crippen LogP) is 2.26. The van der Waals surface area contributed by atoms with Gasteiger partial charge in [0.05, 0.1) is 11.3 Å². The van der Waals surface area contributed by atoms with Crippen molar-refractivity contribution < 1.29 is 9.72 Å². The van der Waals surface area contributed by atoms with E-state index in [0.29, 0.717) is 37.1 Å². The number of hydrogen-bond acceptors (Lipinski definition) is 8. The fraction of sp³-hybridized carbons (Fsp3) is 0.400. The smallest absolute Gasteiger partial charge is 0.269 e. The van der Waals surface area contributed by atoms with Crippen molar-refractivity contribution in [2.75, 3.05) is 37.3 Å². The molecule has 0 saturated carbocycles. The molecule has 1 aliphatic heterocycles. The Kier molecular flexibility index (Phi) is 5.77. The summed E-state index contributed by atoms with van der Waals surface area (Å²) >= 11 is 1.46. The van der Waals surface area contributed by atoms with Gasteiger partial charge in [0.2, 0.25) is 11.1 Å². The Morgan fingerprint density at radius 3 is 2.42 bits per heavy atom. The second kappa shape index (κ2) is 8.50. The molecule has 3 aromatic rings. The van der Waals surface area contributed by atoms with Gasteiger partial charge < -0.3 is 9.80 Å².